The zero-order valence-electron chi connectivity index (χ0n) is 14.5. The Morgan fingerprint density at radius 3 is 2.68 bits per heavy atom. The maximum absolute atomic E-state index is 11.5. The fraction of sp³-hybridized carbons (Fsp3) is 0.421. The van der Waals surface area contributed by atoms with Gasteiger partial charge in [0.2, 0.25) is 0 Å². The lowest BCUT2D eigenvalue weighted by atomic mass is 10.1. The van der Waals surface area contributed by atoms with Crippen molar-refractivity contribution in [3.63, 3.8) is 0 Å². The molecule has 134 valence electrons. The summed E-state index contributed by atoms with van der Waals surface area (Å²) in [6.45, 7) is 3.29. The quantitative estimate of drug-likeness (QED) is 0.793. The molecule has 1 fully saturated rings. The van der Waals surface area contributed by atoms with Crippen LogP contribution in [0.25, 0.3) is 0 Å². The van der Waals surface area contributed by atoms with Crippen LogP contribution >= 0.6 is 0 Å². The molecular formula is C19H24N2O3S. The van der Waals surface area contributed by atoms with E-state index in [4.69, 9.17) is 4.74 Å². The first-order chi connectivity index (χ1) is 12.0. The molecule has 3 rings (SSSR count). The molecule has 1 aromatic heterocycles. The summed E-state index contributed by atoms with van der Waals surface area (Å²) in [7, 11) is -3.13. The van der Waals surface area contributed by atoms with Gasteiger partial charge in [0, 0.05) is 25.5 Å². The van der Waals surface area contributed by atoms with Gasteiger partial charge in [-0.15, -0.1) is 0 Å². The highest BCUT2D eigenvalue weighted by Crippen LogP contribution is 2.18. The summed E-state index contributed by atoms with van der Waals surface area (Å²) >= 11 is 0. The van der Waals surface area contributed by atoms with Gasteiger partial charge in [-0.3, -0.25) is 9.88 Å². The first-order valence-electron chi connectivity index (χ1n) is 8.53. The summed E-state index contributed by atoms with van der Waals surface area (Å²) in [5.74, 6) is 0. The number of rotatable bonds is 6. The van der Waals surface area contributed by atoms with E-state index in [2.05, 4.69) is 9.88 Å². The number of piperidine rings is 1. The third kappa shape index (κ3) is 5.36. The van der Waals surface area contributed by atoms with Crippen LogP contribution in [-0.4, -0.2) is 43.8 Å². The number of benzene rings is 1. The summed E-state index contributed by atoms with van der Waals surface area (Å²) in [5, 5.41) is 0. The lowest BCUT2D eigenvalue weighted by molar-refractivity contribution is -0.0132. The first kappa shape index (κ1) is 18.0. The number of sulfone groups is 1. The van der Waals surface area contributed by atoms with E-state index in [1.54, 1.807) is 18.3 Å². The number of nitrogens with zero attached hydrogens (tertiary/aromatic N) is 2. The Kier molecular flexibility index (Phi) is 5.83. The largest absolute Gasteiger partial charge is 0.371 e. The van der Waals surface area contributed by atoms with Crippen molar-refractivity contribution < 1.29 is 13.2 Å². The Hall–Kier alpha value is -1.76. The highest BCUT2D eigenvalue weighted by Gasteiger charge is 2.20. The van der Waals surface area contributed by atoms with Gasteiger partial charge < -0.3 is 4.74 Å². The molecule has 1 aliphatic rings. The van der Waals surface area contributed by atoms with Crippen LogP contribution in [0.15, 0.2) is 53.6 Å². The average Bonchev–Trinajstić information content (AvgIpc) is 2.61. The van der Waals surface area contributed by atoms with Gasteiger partial charge >= 0.3 is 0 Å². The molecule has 0 unspecified atom stereocenters. The van der Waals surface area contributed by atoms with Crippen molar-refractivity contribution in [1.29, 1.82) is 0 Å². The third-order valence-electron chi connectivity index (χ3n) is 4.41. The Morgan fingerprint density at radius 2 is 2.00 bits per heavy atom. The summed E-state index contributed by atoms with van der Waals surface area (Å²) < 4.78 is 29.1. The molecule has 0 N–H and O–H groups in total. The smallest absolute Gasteiger partial charge is 0.175 e. The van der Waals surface area contributed by atoms with E-state index in [1.807, 2.05) is 30.3 Å². The van der Waals surface area contributed by atoms with E-state index in [1.165, 1.54) is 6.26 Å². The molecule has 25 heavy (non-hydrogen) atoms. The van der Waals surface area contributed by atoms with Gasteiger partial charge in [-0.2, -0.15) is 0 Å². The van der Waals surface area contributed by atoms with Crippen molar-refractivity contribution in [3.8, 4) is 0 Å². The summed E-state index contributed by atoms with van der Waals surface area (Å²) in [6, 6.07) is 13.0. The zero-order chi connectivity index (χ0) is 17.7. The van der Waals surface area contributed by atoms with Gasteiger partial charge in [-0.05, 0) is 49.2 Å². The minimum absolute atomic E-state index is 0.214. The lowest BCUT2D eigenvalue weighted by Crippen LogP contribution is -2.39. The van der Waals surface area contributed by atoms with Gasteiger partial charge in [-0.25, -0.2) is 8.42 Å². The van der Waals surface area contributed by atoms with Crippen molar-refractivity contribution in [2.75, 3.05) is 19.3 Å². The fourth-order valence-corrected chi connectivity index (χ4v) is 3.71. The van der Waals surface area contributed by atoms with E-state index in [-0.39, 0.29) is 6.10 Å². The van der Waals surface area contributed by atoms with Crippen LogP contribution < -0.4 is 0 Å². The SMILES string of the molecule is CS(=O)(=O)c1ccc(CN2CCC[C@H](OCc3ccccn3)C2)cc1. The van der Waals surface area contributed by atoms with Crippen LogP contribution in [0.3, 0.4) is 0 Å². The molecule has 0 bridgehead atoms. The highest BCUT2D eigenvalue weighted by atomic mass is 32.2. The number of likely N-dealkylation sites (tertiary alicyclic amines) is 1. The number of pyridine rings is 1. The number of aromatic nitrogens is 1. The van der Waals surface area contributed by atoms with Crippen molar-refractivity contribution in [1.82, 2.24) is 9.88 Å². The molecule has 0 amide bonds. The van der Waals surface area contributed by atoms with Crippen molar-refractivity contribution >= 4 is 9.84 Å². The standard InChI is InChI=1S/C19H24N2O3S/c1-25(22,23)19-9-7-16(8-10-19)13-21-12-4-6-18(14-21)24-15-17-5-2-3-11-20-17/h2-3,5,7-11,18H,4,6,12-15H2,1H3/t18-/m0/s1. The summed E-state index contributed by atoms with van der Waals surface area (Å²) in [6.07, 6.45) is 5.40. The van der Waals surface area contributed by atoms with E-state index >= 15 is 0 Å². The lowest BCUT2D eigenvalue weighted by Gasteiger charge is -2.32. The van der Waals surface area contributed by atoms with Gasteiger partial charge in [0.05, 0.1) is 23.3 Å². The minimum Gasteiger partial charge on any atom is -0.371 e. The van der Waals surface area contributed by atoms with Gasteiger partial charge in [-0.1, -0.05) is 18.2 Å². The predicted molar refractivity (Wildman–Crippen MR) is 96.9 cm³/mol. The van der Waals surface area contributed by atoms with Crippen LogP contribution in [0.1, 0.15) is 24.1 Å². The van der Waals surface area contributed by atoms with E-state index < -0.39 is 9.84 Å². The summed E-state index contributed by atoms with van der Waals surface area (Å²) in [4.78, 5) is 7.02. The Balaban J connectivity index is 1.53. The normalized spacial score (nSPS) is 19.0. The monoisotopic (exact) mass is 360 g/mol. The zero-order valence-corrected chi connectivity index (χ0v) is 15.3. The molecule has 0 radical (unpaired) electrons. The van der Waals surface area contributed by atoms with Crippen LogP contribution in [0.4, 0.5) is 0 Å². The van der Waals surface area contributed by atoms with Crippen LogP contribution in [-0.2, 0) is 27.7 Å². The molecule has 0 saturated carbocycles. The second-order valence-corrected chi connectivity index (χ2v) is 8.56. The second kappa shape index (κ2) is 8.08. The van der Waals surface area contributed by atoms with E-state index in [0.29, 0.717) is 11.5 Å². The molecular weight excluding hydrogens is 336 g/mol. The van der Waals surface area contributed by atoms with Crippen LogP contribution in [0.5, 0.6) is 0 Å². The molecule has 1 atom stereocenters. The van der Waals surface area contributed by atoms with Gasteiger partial charge in [0.25, 0.3) is 0 Å². The molecule has 1 aromatic carbocycles. The molecule has 2 heterocycles. The Bertz CT molecular complexity index is 776. The van der Waals surface area contributed by atoms with Crippen LogP contribution in [0, 0.1) is 0 Å². The summed E-state index contributed by atoms with van der Waals surface area (Å²) in [5.41, 5.74) is 2.08. The van der Waals surface area contributed by atoms with E-state index in [0.717, 1.165) is 43.7 Å². The predicted octanol–water partition coefficient (Wildman–Crippen LogP) is 2.67. The molecule has 1 aliphatic heterocycles. The molecule has 2 aromatic rings. The van der Waals surface area contributed by atoms with Gasteiger partial charge in [0.1, 0.15) is 0 Å². The average molecular weight is 360 g/mol. The minimum atomic E-state index is -3.13. The molecule has 0 spiro atoms. The first-order valence-corrected chi connectivity index (χ1v) is 10.4. The fourth-order valence-electron chi connectivity index (χ4n) is 3.08. The van der Waals surface area contributed by atoms with Crippen molar-refractivity contribution in [2.24, 2.45) is 0 Å². The molecule has 6 heteroatoms. The maximum Gasteiger partial charge on any atom is 0.175 e. The third-order valence-corrected chi connectivity index (χ3v) is 5.54. The molecule has 1 saturated heterocycles. The second-order valence-electron chi connectivity index (χ2n) is 6.55. The van der Waals surface area contributed by atoms with Crippen LogP contribution in [0.2, 0.25) is 0 Å². The maximum atomic E-state index is 11.5. The number of hydrogen-bond donors (Lipinski definition) is 0. The number of ether oxygens (including phenoxy) is 1. The topological polar surface area (TPSA) is 59.5 Å². The number of hydrogen-bond acceptors (Lipinski definition) is 5. The van der Waals surface area contributed by atoms with E-state index in [9.17, 15) is 8.42 Å². The van der Waals surface area contributed by atoms with Crippen molar-refractivity contribution in [2.45, 2.75) is 37.0 Å². The Labute approximate surface area is 149 Å². The highest BCUT2D eigenvalue weighted by molar-refractivity contribution is 7.90. The Morgan fingerprint density at radius 1 is 1.20 bits per heavy atom. The molecule has 0 aliphatic carbocycles. The molecule has 5 nitrogen and oxygen atoms in total. The van der Waals surface area contributed by atoms with Crippen molar-refractivity contribution in [3.05, 3.63) is 59.9 Å². The van der Waals surface area contributed by atoms with Gasteiger partial charge in [0.15, 0.2) is 9.84 Å².